The van der Waals surface area contributed by atoms with E-state index in [1.807, 2.05) is 19.2 Å². The van der Waals surface area contributed by atoms with Gasteiger partial charge in [0, 0.05) is 23.7 Å². The number of rotatable bonds is 4. The Kier molecular flexibility index (Phi) is 4.00. The van der Waals surface area contributed by atoms with Crippen LogP contribution in [-0.4, -0.2) is 30.3 Å². The molecular weight excluding hydrogens is 354 g/mol. The van der Waals surface area contributed by atoms with E-state index in [1.54, 1.807) is 22.9 Å². The Labute approximate surface area is 151 Å². The first-order valence-corrected chi connectivity index (χ1v) is 8.92. The Morgan fingerprint density at radius 2 is 2.15 bits per heavy atom. The minimum absolute atomic E-state index is 0.0682. The fourth-order valence-corrected chi connectivity index (χ4v) is 3.62. The van der Waals surface area contributed by atoms with E-state index >= 15 is 0 Å². The SMILES string of the molecule is CCn1nnc2cc(C(=O)OCc3cc(=O)n4c(C)csc4n3)ccc21. The highest BCUT2D eigenvalue weighted by Gasteiger charge is 2.13. The van der Waals surface area contributed by atoms with Gasteiger partial charge in [0.2, 0.25) is 0 Å². The number of benzene rings is 1. The maximum atomic E-state index is 12.3. The van der Waals surface area contributed by atoms with Crippen LogP contribution in [-0.2, 0) is 17.9 Å². The second-order valence-electron chi connectivity index (χ2n) is 5.77. The van der Waals surface area contributed by atoms with Crippen molar-refractivity contribution in [3.8, 4) is 0 Å². The third-order valence-electron chi connectivity index (χ3n) is 4.03. The lowest BCUT2D eigenvalue weighted by molar-refractivity contribution is 0.0468. The van der Waals surface area contributed by atoms with E-state index < -0.39 is 5.97 Å². The summed E-state index contributed by atoms with van der Waals surface area (Å²) < 4.78 is 8.59. The molecule has 9 heteroatoms. The van der Waals surface area contributed by atoms with Crippen molar-refractivity contribution in [3.05, 3.63) is 57.0 Å². The minimum Gasteiger partial charge on any atom is -0.456 e. The summed E-state index contributed by atoms with van der Waals surface area (Å²) in [6.07, 6.45) is 0. The van der Waals surface area contributed by atoms with Crippen LogP contribution in [0, 0.1) is 6.92 Å². The van der Waals surface area contributed by atoms with Crippen LogP contribution in [0.15, 0.2) is 34.4 Å². The van der Waals surface area contributed by atoms with E-state index in [4.69, 9.17) is 4.74 Å². The summed E-state index contributed by atoms with van der Waals surface area (Å²) in [4.78, 5) is 29.4. The quantitative estimate of drug-likeness (QED) is 0.512. The van der Waals surface area contributed by atoms with Gasteiger partial charge in [-0.05, 0) is 32.0 Å². The summed E-state index contributed by atoms with van der Waals surface area (Å²) in [7, 11) is 0. The number of carbonyl (C=O) groups is 1. The molecule has 132 valence electrons. The molecule has 0 amide bonds. The summed E-state index contributed by atoms with van der Waals surface area (Å²) >= 11 is 1.37. The predicted octanol–water partition coefficient (Wildman–Crippen LogP) is 2.19. The highest BCUT2D eigenvalue weighted by Crippen LogP contribution is 2.15. The molecule has 4 rings (SSSR count). The first-order valence-electron chi connectivity index (χ1n) is 8.04. The third kappa shape index (κ3) is 2.76. The molecule has 0 saturated heterocycles. The van der Waals surface area contributed by atoms with Crippen molar-refractivity contribution in [2.75, 3.05) is 0 Å². The Morgan fingerprint density at radius 3 is 2.96 bits per heavy atom. The number of fused-ring (bicyclic) bond motifs is 2. The Balaban J connectivity index is 1.54. The average molecular weight is 369 g/mol. The molecule has 8 nitrogen and oxygen atoms in total. The van der Waals surface area contributed by atoms with Gasteiger partial charge < -0.3 is 4.74 Å². The molecule has 0 atom stereocenters. The molecule has 0 radical (unpaired) electrons. The maximum Gasteiger partial charge on any atom is 0.338 e. The second kappa shape index (κ2) is 6.34. The van der Waals surface area contributed by atoms with Crippen LogP contribution >= 0.6 is 11.3 Å². The molecule has 4 aromatic rings. The van der Waals surface area contributed by atoms with E-state index in [2.05, 4.69) is 15.3 Å². The van der Waals surface area contributed by atoms with Gasteiger partial charge in [-0.1, -0.05) is 5.21 Å². The molecule has 0 aliphatic rings. The number of aromatic nitrogens is 5. The first kappa shape index (κ1) is 16.4. The van der Waals surface area contributed by atoms with Gasteiger partial charge >= 0.3 is 5.97 Å². The number of hydrogen-bond donors (Lipinski definition) is 0. The van der Waals surface area contributed by atoms with Crippen LogP contribution in [0.3, 0.4) is 0 Å². The van der Waals surface area contributed by atoms with E-state index in [0.717, 1.165) is 11.2 Å². The van der Waals surface area contributed by atoms with E-state index in [9.17, 15) is 9.59 Å². The zero-order valence-corrected chi connectivity index (χ0v) is 15.0. The third-order valence-corrected chi connectivity index (χ3v) is 4.97. The molecule has 1 aromatic carbocycles. The fourth-order valence-electron chi connectivity index (χ4n) is 2.73. The van der Waals surface area contributed by atoms with Crippen molar-refractivity contribution < 1.29 is 9.53 Å². The summed E-state index contributed by atoms with van der Waals surface area (Å²) in [6.45, 7) is 4.45. The highest BCUT2D eigenvalue weighted by molar-refractivity contribution is 7.15. The van der Waals surface area contributed by atoms with Crippen molar-refractivity contribution in [3.63, 3.8) is 0 Å². The number of nitrogens with zero attached hydrogens (tertiary/aromatic N) is 5. The summed E-state index contributed by atoms with van der Waals surface area (Å²) in [5.41, 5.74) is 2.94. The van der Waals surface area contributed by atoms with Crippen LogP contribution in [0.4, 0.5) is 0 Å². The number of aryl methyl sites for hydroxylation is 2. The van der Waals surface area contributed by atoms with Gasteiger partial charge in [-0.15, -0.1) is 16.4 Å². The second-order valence-corrected chi connectivity index (χ2v) is 6.60. The van der Waals surface area contributed by atoms with Gasteiger partial charge in [-0.2, -0.15) is 0 Å². The monoisotopic (exact) mass is 369 g/mol. The van der Waals surface area contributed by atoms with Gasteiger partial charge in [0.1, 0.15) is 12.1 Å². The van der Waals surface area contributed by atoms with Crippen LogP contribution in [0.2, 0.25) is 0 Å². The smallest absolute Gasteiger partial charge is 0.338 e. The van der Waals surface area contributed by atoms with Gasteiger partial charge in [0.25, 0.3) is 5.56 Å². The van der Waals surface area contributed by atoms with Crippen LogP contribution in [0.25, 0.3) is 16.0 Å². The summed E-state index contributed by atoms with van der Waals surface area (Å²) in [5.74, 6) is -0.498. The van der Waals surface area contributed by atoms with Gasteiger partial charge in [-0.25, -0.2) is 14.5 Å². The molecule has 0 aliphatic heterocycles. The van der Waals surface area contributed by atoms with Crippen molar-refractivity contribution >= 4 is 33.3 Å². The van der Waals surface area contributed by atoms with Gasteiger partial charge in [0.15, 0.2) is 4.96 Å². The molecule has 3 heterocycles. The predicted molar refractivity (Wildman–Crippen MR) is 96.4 cm³/mol. The van der Waals surface area contributed by atoms with E-state index in [-0.39, 0.29) is 12.2 Å². The Hall–Kier alpha value is -3.07. The zero-order chi connectivity index (χ0) is 18.3. The highest BCUT2D eigenvalue weighted by atomic mass is 32.1. The lowest BCUT2D eigenvalue weighted by Gasteiger charge is -2.05. The molecule has 26 heavy (non-hydrogen) atoms. The largest absolute Gasteiger partial charge is 0.456 e. The maximum absolute atomic E-state index is 12.3. The van der Waals surface area contributed by atoms with Crippen LogP contribution in [0.1, 0.15) is 28.7 Å². The number of carbonyl (C=O) groups excluding carboxylic acids is 1. The van der Waals surface area contributed by atoms with Crippen LogP contribution < -0.4 is 5.56 Å². The molecule has 0 N–H and O–H groups in total. The standard InChI is InChI=1S/C17H15N5O3S/c1-3-21-14-5-4-11(6-13(14)19-20-21)16(24)25-8-12-7-15(23)22-10(2)9-26-17(22)18-12/h4-7,9H,3,8H2,1-2H3. The van der Waals surface area contributed by atoms with Crippen molar-refractivity contribution in [2.45, 2.75) is 27.0 Å². The average Bonchev–Trinajstić information content (AvgIpc) is 3.22. The molecule has 3 aromatic heterocycles. The Bertz CT molecular complexity index is 1190. The molecule has 0 unspecified atom stereocenters. The fraction of sp³-hybridized carbons (Fsp3) is 0.235. The molecule has 0 aliphatic carbocycles. The lowest BCUT2D eigenvalue weighted by Crippen LogP contribution is -2.16. The number of thiazole rings is 1. The summed E-state index contributed by atoms with van der Waals surface area (Å²) in [5, 5.41) is 9.93. The topological polar surface area (TPSA) is 91.4 Å². The lowest BCUT2D eigenvalue weighted by atomic mass is 10.2. The van der Waals surface area contributed by atoms with Crippen molar-refractivity contribution in [2.24, 2.45) is 0 Å². The molecule has 0 fully saturated rings. The van der Waals surface area contributed by atoms with E-state index in [0.29, 0.717) is 28.3 Å². The number of hydrogen-bond acceptors (Lipinski definition) is 7. The molecule has 0 saturated carbocycles. The minimum atomic E-state index is -0.498. The zero-order valence-electron chi connectivity index (χ0n) is 14.2. The summed E-state index contributed by atoms with van der Waals surface area (Å²) in [6, 6.07) is 6.50. The number of esters is 1. The van der Waals surface area contributed by atoms with Gasteiger partial charge in [0.05, 0.1) is 16.8 Å². The first-order chi connectivity index (χ1) is 12.6. The molecule has 0 spiro atoms. The van der Waals surface area contributed by atoms with Crippen LogP contribution in [0.5, 0.6) is 0 Å². The van der Waals surface area contributed by atoms with Crippen molar-refractivity contribution in [1.29, 1.82) is 0 Å². The normalized spacial score (nSPS) is 11.3. The van der Waals surface area contributed by atoms with E-state index in [1.165, 1.54) is 21.8 Å². The molecular formula is C17H15N5O3S. The molecule has 0 bridgehead atoms. The van der Waals surface area contributed by atoms with Gasteiger partial charge in [-0.3, -0.25) is 9.20 Å². The number of ether oxygens (including phenoxy) is 1. The van der Waals surface area contributed by atoms with Crippen molar-refractivity contribution in [1.82, 2.24) is 24.4 Å². The Morgan fingerprint density at radius 1 is 1.31 bits per heavy atom.